The number of aliphatic hydroxyl groups is 1. The van der Waals surface area contributed by atoms with Crippen molar-refractivity contribution in [3.8, 4) is 5.75 Å². The molecule has 1 heterocycles. The summed E-state index contributed by atoms with van der Waals surface area (Å²) in [6, 6.07) is 0. The zero-order chi connectivity index (χ0) is 11.1. The van der Waals surface area contributed by atoms with E-state index in [4.69, 9.17) is 4.74 Å². The van der Waals surface area contributed by atoms with E-state index >= 15 is 0 Å². The van der Waals surface area contributed by atoms with Gasteiger partial charge in [0.15, 0.2) is 5.75 Å². The molecule has 0 aromatic carbocycles. The van der Waals surface area contributed by atoms with Crippen LogP contribution in [-0.4, -0.2) is 27.1 Å². The Kier molecular flexibility index (Phi) is 2.46. The van der Waals surface area contributed by atoms with E-state index in [-0.39, 0.29) is 17.6 Å². The fourth-order valence-corrected chi connectivity index (χ4v) is 1.81. The maximum absolute atomic E-state index is 9.57. The molecule has 1 saturated carbocycles. The third kappa shape index (κ3) is 1.74. The summed E-state index contributed by atoms with van der Waals surface area (Å²) in [6.07, 6.45) is 4.18. The fraction of sp³-hybridized carbons (Fsp3) is 0.727. The molecule has 15 heavy (non-hydrogen) atoms. The van der Waals surface area contributed by atoms with Crippen LogP contribution >= 0.6 is 0 Å². The molecule has 2 unspecified atom stereocenters. The molecule has 0 radical (unpaired) electrons. The molecular formula is C11H18N2O2. The monoisotopic (exact) mass is 210 g/mol. The zero-order valence-corrected chi connectivity index (χ0v) is 9.47. The van der Waals surface area contributed by atoms with E-state index < -0.39 is 0 Å². The Labute approximate surface area is 89.9 Å². The molecule has 2 rings (SSSR count). The average molecular weight is 210 g/mol. The van der Waals surface area contributed by atoms with Crippen LogP contribution in [-0.2, 0) is 6.54 Å². The van der Waals surface area contributed by atoms with Gasteiger partial charge < -0.3 is 9.84 Å². The Bertz CT molecular complexity index is 346. The summed E-state index contributed by atoms with van der Waals surface area (Å²) >= 11 is 0. The molecule has 0 saturated heterocycles. The first-order valence-corrected chi connectivity index (χ1v) is 5.41. The molecule has 0 amide bonds. The van der Waals surface area contributed by atoms with Crippen LogP contribution in [0.25, 0.3) is 0 Å². The van der Waals surface area contributed by atoms with Crippen molar-refractivity contribution in [3.63, 3.8) is 0 Å². The highest BCUT2D eigenvalue weighted by atomic mass is 16.5. The molecule has 4 nitrogen and oxygen atoms in total. The Morgan fingerprint density at radius 1 is 1.67 bits per heavy atom. The summed E-state index contributed by atoms with van der Waals surface area (Å²) in [5, 5.41) is 13.7. The van der Waals surface area contributed by atoms with Gasteiger partial charge in [-0.25, -0.2) is 0 Å². The maximum Gasteiger partial charge on any atom is 0.157 e. The maximum atomic E-state index is 9.57. The molecule has 0 bridgehead atoms. The number of ether oxygens (including phenoxy) is 1. The number of hydrogen-bond donors (Lipinski definition) is 1. The van der Waals surface area contributed by atoms with Crippen LogP contribution in [0.1, 0.15) is 27.2 Å². The van der Waals surface area contributed by atoms with Gasteiger partial charge in [0.05, 0.1) is 18.5 Å². The second-order valence-corrected chi connectivity index (χ2v) is 4.71. The van der Waals surface area contributed by atoms with Crippen molar-refractivity contribution < 1.29 is 9.84 Å². The summed E-state index contributed by atoms with van der Waals surface area (Å²) in [5.41, 5.74) is -0.145. The Hall–Kier alpha value is -1.03. The summed E-state index contributed by atoms with van der Waals surface area (Å²) in [5.74, 6) is 0.793. The van der Waals surface area contributed by atoms with Crippen molar-refractivity contribution in [1.29, 1.82) is 0 Å². The summed E-state index contributed by atoms with van der Waals surface area (Å²) in [4.78, 5) is 0. The van der Waals surface area contributed by atoms with E-state index in [2.05, 4.69) is 5.10 Å². The molecule has 1 N–H and O–H groups in total. The number of nitrogens with zero attached hydrogens (tertiary/aromatic N) is 2. The predicted molar refractivity (Wildman–Crippen MR) is 56.7 cm³/mol. The largest absolute Gasteiger partial charge is 0.486 e. The van der Waals surface area contributed by atoms with Crippen molar-refractivity contribution in [3.05, 3.63) is 12.4 Å². The summed E-state index contributed by atoms with van der Waals surface area (Å²) < 4.78 is 7.61. The molecule has 1 fully saturated rings. The van der Waals surface area contributed by atoms with Gasteiger partial charge >= 0.3 is 0 Å². The quantitative estimate of drug-likeness (QED) is 0.821. The fourth-order valence-electron chi connectivity index (χ4n) is 1.81. The Morgan fingerprint density at radius 3 is 2.87 bits per heavy atom. The molecule has 4 heteroatoms. The van der Waals surface area contributed by atoms with Gasteiger partial charge in [-0.05, 0) is 6.92 Å². The lowest BCUT2D eigenvalue weighted by Gasteiger charge is -2.48. The van der Waals surface area contributed by atoms with Crippen molar-refractivity contribution in [2.45, 2.75) is 45.9 Å². The standard InChI is InChI=1S/C11H18N2O2/c1-4-13-7-8(6-12-13)15-10-5-9(14)11(10,2)3/h6-7,9-10,14H,4-5H2,1-3H3. The number of rotatable bonds is 3. The van der Waals surface area contributed by atoms with E-state index in [0.717, 1.165) is 12.3 Å². The van der Waals surface area contributed by atoms with E-state index in [1.165, 1.54) is 0 Å². The highest BCUT2D eigenvalue weighted by Crippen LogP contribution is 2.42. The van der Waals surface area contributed by atoms with Crippen LogP contribution in [0, 0.1) is 5.41 Å². The van der Waals surface area contributed by atoms with Crippen LogP contribution in [0.4, 0.5) is 0 Å². The second-order valence-electron chi connectivity index (χ2n) is 4.71. The topological polar surface area (TPSA) is 47.3 Å². The van der Waals surface area contributed by atoms with Gasteiger partial charge in [0, 0.05) is 18.4 Å². The van der Waals surface area contributed by atoms with Crippen LogP contribution < -0.4 is 4.74 Å². The first kappa shape index (κ1) is 10.5. The van der Waals surface area contributed by atoms with Gasteiger partial charge in [-0.1, -0.05) is 13.8 Å². The SMILES string of the molecule is CCn1cc(OC2CC(O)C2(C)C)cn1. The second kappa shape index (κ2) is 3.52. The minimum Gasteiger partial charge on any atom is -0.486 e. The van der Waals surface area contributed by atoms with E-state index in [0.29, 0.717) is 6.42 Å². The molecule has 2 atom stereocenters. The van der Waals surface area contributed by atoms with Gasteiger partial charge in [-0.3, -0.25) is 4.68 Å². The Morgan fingerprint density at radius 2 is 2.40 bits per heavy atom. The first-order chi connectivity index (χ1) is 7.04. The van der Waals surface area contributed by atoms with E-state index in [1.807, 2.05) is 31.6 Å². The van der Waals surface area contributed by atoms with E-state index in [9.17, 15) is 5.11 Å². The van der Waals surface area contributed by atoms with Crippen LogP contribution in [0.15, 0.2) is 12.4 Å². The first-order valence-electron chi connectivity index (χ1n) is 5.41. The lowest BCUT2D eigenvalue weighted by atomic mass is 9.66. The predicted octanol–water partition coefficient (Wildman–Crippen LogP) is 1.44. The van der Waals surface area contributed by atoms with Crippen molar-refractivity contribution in [1.82, 2.24) is 9.78 Å². The van der Waals surface area contributed by atoms with E-state index in [1.54, 1.807) is 6.20 Å². The van der Waals surface area contributed by atoms with Gasteiger partial charge in [0.2, 0.25) is 0 Å². The number of aliphatic hydroxyl groups excluding tert-OH is 1. The van der Waals surface area contributed by atoms with Crippen LogP contribution in [0.2, 0.25) is 0 Å². The average Bonchev–Trinajstić information content (AvgIpc) is 2.65. The smallest absolute Gasteiger partial charge is 0.157 e. The lowest BCUT2D eigenvalue weighted by molar-refractivity contribution is -0.134. The molecule has 84 valence electrons. The summed E-state index contributed by atoms with van der Waals surface area (Å²) in [7, 11) is 0. The number of aromatic nitrogens is 2. The third-order valence-corrected chi connectivity index (χ3v) is 3.34. The van der Waals surface area contributed by atoms with Crippen molar-refractivity contribution in [2.24, 2.45) is 5.41 Å². The third-order valence-electron chi connectivity index (χ3n) is 3.34. The van der Waals surface area contributed by atoms with Gasteiger partial charge in [-0.2, -0.15) is 5.10 Å². The molecule has 1 aliphatic rings. The van der Waals surface area contributed by atoms with Gasteiger partial charge in [0.1, 0.15) is 6.10 Å². The van der Waals surface area contributed by atoms with Gasteiger partial charge in [-0.15, -0.1) is 0 Å². The molecular weight excluding hydrogens is 192 g/mol. The van der Waals surface area contributed by atoms with Crippen molar-refractivity contribution in [2.75, 3.05) is 0 Å². The van der Waals surface area contributed by atoms with Gasteiger partial charge in [0.25, 0.3) is 0 Å². The molecule has 1 aliphatic carbocycles. The molecule has 0 spiro atoms. The zero-order valence-electron chi connectivity index (χ0n) is 9.47. The van der Waals surface area contributed by atoms with Crippen molar-refractivity contribution >= 4 is 0 Å². The summed E-state index contributed by atoms with van der Waals surface area (Å²) in [6.45, 7) is 6.93. The van der Waals surface area contributed by atoms with Crippen LogP contribution in [0.5, 0.6) is 5.75 Å². The number of hydrogen-bond acceptors (Lipinski definition) is 3. The normalized spacial score (nSPS) is 28.5. The van der Waals surface area contributed by atoms with Crippen LogP contribution in [0.3, 0.4) is 0 Å². The molecule has 1 aromatic heterocycles. The highest BCUT2D eigenvalue weighted by molar-refractivity contribution is 5.14. The molecule has 0 aliphatic heterocycles. The molecule has 1 aromatic rings. The Balaban J connectivity index is 1.98. The number of aryl methyl sites for hydroxylation is 1. The lowest BCUT2D eigenvalue weighted by Crippen LogP contribution is -2.55. The minimum absolute atomic E-state index is 0.0991. The minimum atomic E-state index is -0.247. The highest BCUT2D eigenvalue weighted by Gasteiger charge is 2.49.